The normalized spacial score (nSPS) is 23.4. The largest absolute Gasteiger partial charge is 0.463 e. The van der Waals surface area contributed by atoms with Crippen molar-refractivity contribution in [1.82, 2.24) is 0 Å². The van der Waals surface area contributed by atoms with Gasteiger partial charge < -0.3 is 9.47 Å². The van der Waals surface area contributed by atoms with Crippen LogP contribution in [0.25, 0.3) is 0 Å². The van der Waals surface area contributed by atoms with Gasteiger partial charge in [-0.1, -0.05) is 54.1 Å². The van der Waals surface area contributed by atoms with E-state index in [4.69, 9.17) is 16.3 Å². The molecule has 3 rings (SSSR count). The lowest BCUT2D eigenvalue weighted by Gasteiger charge is -2.12. The van der Waals surface area contributed by atoms with E-state index in [1.165, 1.54) is 0 Å². The Bertz CT molecular complexity index is 862. The van der Waals surface area contributed by atoms with Crippen LogP contribution in [0.5, 0.6) is 0 Å². The smallest absolute Gasteiger partial charge is 0.374 e. The van der Waals surface area contributed by atoms with Crippen LogP contribution in [0.15, 0.2) is 54.6 Å². The zero-order chi connectivity index (χ0) is 19.6. The molecule has 1 saturated carbocycles. The summed E-state index contributed by atoms with van der Waals surface area (Å²) in [4.78, 5) is 37.1. The van der Waals surface area contributed by atoms with Crippen LogP contribution in [-0.2, 0) is 30.5 Å². The lowest BCUT2D eigenvalue weighted by Crippen LogP contribution is -2.25. The Balaban J connectivity index is 1.84. The van der Waals surface area contributed by atoms with Crippen molar-refractivity contribution in [2.24, 2.45) is 11.3 Å². The summed E-state index contributed by atoms with van der Waals surface area (Å²) in [6, 6.07) is 16.1. The van der Waals surface area contributed by atoms with E-state index >= 15 is 0 Å². The number of ketones is 1. The van der Waals surface area contributed by atoms with Crippen molar-refractivity contribution in [3.63, 3.8) is 0 Å². The molecule has 0 heterocycles. The first-order valence-electron chi connectivity index (χ1n) is 8.48. The van der Waals surface area contributed by atoms with Gasteiger partial charge in [0.1, 0.15) is 6.61 Å². The number of carbonyl (C=O) groups is 3. The number of methoxy groups -OCH3 is 1. The number of esters is 2. The predicted octanol–water partition coefficient (Wildman–Crippen LogP) is 3.55. The van der Waals surface area contributed by atoms with Gasteiger partial charge in [0, 0.05) is 10.9 Å². The van der Waals surface area contributed by atoms with Crippen LogP contribution in [-0.4, -0.2) is 24.8 Å². The molecule has 27 heavy (non-hydrogen) atoms. The van der Waals surface area contributed by atoms with E-state index < -0.39 is 35.0 Å². The molecule has 1 fully saturated rings. The molecule has 2 aromatic carbocycles. The average Bonchev–Trinajstić information content (AvgIpc) is 3.33. The standard InChI is InChI=1S/C21H19ClO5/c1-21(20(25)27-12-13-6-4-3-5-7-13)16(14-8-10-15(22)11-9-14)17(21)18(23)19(24)26-2/h3-11,16-17H,12H2,1-2H3/t16-,17+,21-/m1/s1. The van der Waals surface area contributed by atoms with Crippen LogP contribution < -0.4 is 0 Å². The molecule has 0 bridgehead atoms. The number of halogens is 1. The Labute approximate surface area is 162 Å². The molecule has 1 aliphatic carbocycles. The Hall–Kier alpha value is -2.66. The second-order valence-electron chi connectivity index (χ2n) is 6.71. The van der Waals surface area contributed by atoms with Gasteiger partial charge in [0.15, 0.2) is 0 Å². The van der Waals surface area contributed by atoms with E-state index in [0.29, 0.717) is 5.02 Å². The Morgan fingerprint density at radius 2 is 1.67 bits per heavy atom. The third-order valence-corrected chi connectivity index (χ3v) is 5.32. The van der Waals surface area contributed by atoms with E-state index in [1.807, 2.05) is 30.3 Å². The summed E-state index contributed by atoms with van der Waals surface area (Å²) in [5.74, 6) is -3.50. The van der Waals surface area contributed by atoms with Gasteiger partial charge in [-0.05, 0) is 30.2 Å². The molecule has 5 nitrogen and oxygen atoms in total. The summed E-state index contributed by atoms with van der Waals surface area (Å²) in [6.07, 6.45) is 0. The summed E-state index contributed by atoms with van der Waals surface area (Å²) < 4.78 is 10.0. The molecule has 2 aromatic rings. The maximum absolute atomic E-state index is 12.8. The monoisotopic (exact) mass is 386 g/mol. The minimum absolute atomic E-state index is 0.0989. The fourth-order valence-electron chi connectivity index (χ4n) is 3.51. The minimum Gasteiger partial charge on any atom is -0.463 e. The zero-order valence-electron chi connectivity index (χ0n) is 15.0. The van der Waals surface area contributed by atoms with Gasteiger partial charge in [-0.25, -0.2) is 4.79 Å². The topological polar surface area (TPSA) is 69.7 Å². The highest BCUT2D eigenvalue weighted by molar-refractivity contribution is 6.36. The van der Waals surface area contributed by atoms with Crippen molar-refractivity contribution in [3.8, 4) is 0 Å². The van der Waals surface area contributed by atoms with E-state index in [0.717, 1.165) is 18.2 Å². The Morgan fingerprint density at radius 3 is 2.26 bits per heavy atom. The zero-order valence-corrected chi connectivity index (χ0v) is 15.7. The number of hydrogen-bond acceptors (Lipinski definition) is 5. The molecule has 6 heteroatoms. The van der Waals surface area contributed by atoms with Crippen molar-refractivity contribution < 1.29 is 23.9 Å². The molecule has 1 aliphatic rings. The van der Waals surface area contributed by atoms with Crippen LogP contribution in [0, 0.1) is 11.3 Å². The van der Waals surface area contributed by atoms with Crippen molar-refractivity contribution in [3.05, 3.63) is 70.7 Å². The van der Waals surface area contributed by atoms with Gasteiger partial charge >= 0.3 is 11.9 Å². The van der Waals surface area contributed by atoms with Gasteiger partial charge in [0.2, 0.25) is 5.78 Å². The second-order valence-corrected chi connectivity index (χ2v) is 7.14. The highest BCUT2D eigenvalue weighted by atomic mass is 35.5. The fourth-order valence-corrected chi connectivity index (χ4v) is 3.63. The number of rotatable bonds is 6. The SMILES string of the molecule is COC(=O)C(=O)[C@@H]1[C@@H](c2ccc(Cl)cc2)[C@@]1(C)C(=O)OCc1ccccc1. The third kappa shape index (κ3) is 3.60. The van der Waals surface area contributed by atoms with Crippen LogP contribution in [0.4, 0.5) is 0 Å². The second kappa shape index (κ2) is 7.53. The molecular weight excluding hydrogens is 368 g/mol. The summed E-state index contributed by atoms with van der Waals surface area (Å²) in [5.41, 5.74) is 0.461. The molecule has 0 aromatic heterocycles. The summed E-state index contributed by atoms with van der Waals surface area (Å²) >= 11 is 5.93. The molecule has 0 spiro atoms. The Morgan fingerprint density at radius 1 is 1.04 bits per heavy atom. The highest BCUT2D eigenvalue weighted by Crippen LogP contribution is 2.65. The molecule has 0 N–H and O–H groups in total. The van der Waals surface area contributed by atoms with Crippen LogP contribution >= 0.6 is 11.6 Å². The first-order valence-corrected chi connectivity index (χ1v) is 8.86. The van der Waals surface area contributed by atoms with Gasteiger partial charge in [-0.3, -0.25) is 9.59 Å². The molecule has 140 valence electrons. The van der Waals surface area contributed by atoms with Crippen LogP contribution in [0.1, 0.15) is 24.0 Å². The lowest BCUT2D eigenvalue weighted by molar-refractivity contribution is -0.155. The quantitative estimate of drug-likeness (QED) is 0.561. The van der Waals surface area contributed by atoms with E-state index in [1.54, 1.807) is 31.2 Å². The van der Waals surface area contributed by atoms with Crippen molar-refractivity contribution in [2.45, 2.75) is 19.4 Å². The Kier molecular flexibility index (Phi) is 5.33. The molecular formula is C21H19ClO5. The fraction of sp³-hybridized carbons (Fsp3) is 0.286. The molecule has 3 atom stereocenters. The molecule has 0 unspecified atom stereocenters. The maximum Gasteiger partial charge on any atom is 0.374 e. The van der Waals surface area contributed by atoms with E-state index in [9.17, 15) is 14.4 Å². The summed E-state index contributed by atoms with van der Waals surface area (Å²) in [6.45, 7) is 1.74. The first kappa shape index (κ1) is 19.1. The van der Waals surface area contributed by atoms with Gasteiger partial charge in [-0.2, -0.15) is 0 Å². The average molecular weight is 387 g/mol. The van der Waals surface area contributed by atoms with Crippen molar-refractivity contribution in [2.75, 3.05) is 7.11 Å². The minimum atomic E-state index is -1.13. The van der Waals surface area contributed by atoms with Gasteiger partial charge in [0.25, 0.3) is 0 Å². The third-order valence-electron chi connectivity index (χ3n) is 5.07. The van der Waals surface area contributed by atoms with Gasteiger partial charge in [-0.15, -0.1) is 0 Å². The number of Topliss-reactive ketones (excluding diaryl/α,β-unsaturated/α-hetero) is 1. The molecule has 0 aliphatic heterocycles. The van der Waals surface area contributed by atoms with Crippen molar-refractivity contribution >= 4 is 29.3 Å². The molecule has 0 amide bonds. The number of hydrogen-bond donors (Lipinski definition) is 0. The van der Waals surface area contributed by atoms with Crippen molar-refractivity contribution in [1.29, 1.82) is 0 Å². The van der Waals surface area contributed by atoms with Gasteiger partial charge in [0.05, 0.1) is 18.4 Å². The summed E-state index contributed by atoms with van der Waals surface area (Å²) in [7, 11) is 1.14. The number of benzene rings is 2. The van der Waals surface area contributed by atoms with Crippen LogP contribution in [0.2, 0.25) is 5.02 Å². The molecule has 0 radical (unpaired) electrons. The maximum atomic E-state index is 12.8. The summed E-state index contributed by atoms with van der Waals surface area (Å²) in [5, 5.41) is 0.545. The predicted molar refractivity (Wildman–Crippen MR) is 99.1 cm³/mol. The lowest BCUT2D eigenvalue weighted by atomic mass is 10.0. The van der Waals surface area contributed by atoms with E-state index in [-0.39, 0.29) is 6.61 Å². The van der Waals surface area contributed by atoms with E-state index in [2.05, 4.69) is 4.74 Å². The highest BCUT2D eigenvalue weighted by Gasteiger charge is 2.72. The number of carbonyl (C=O) groups excluding carboxylic acids is 3. The first-order chi connectivity index (χ1) is 12.9. The molecule has 0 saturated heterocycles. The van der Waals surface area contributed by atoms with Crippen LogP contribution in [0.3, 0.4) is 0 Å². The number of ether oxygens (including phenoxy) is 2.